The van der Waals surface area contributed by atoms with E-state index in [-0.39, 0.29) is 16.2 Å². The van der Waals surface area contributed by atoms with Crippen LogP contribution in [0.2, 0.25) is 0 Å². The van der Waals surface area contributed by atoms with Gasteiger partial charge < -0.3 is 5.32 Å². The van der Waals surface area contributed by atoms with E-state index in [1.165, 1.54) is 24.3 Å². The Balaban J connectivity index is 2.26. The average molecular weight is 350 g/mol. The van der Waals surface area contributed by atoms with Crippen LogP contribution in [0.1, 0.15) is 15.9 Å². The zero-order valence-corrected chi connectivity index (χ0v) is 13.3. The molecule has 0 fully saturated rings. The third kappa shape index (κ3) is 3.84. The first-order valence-electron chi connectivity index (χ1n) is 5.86. The van der Waals surface area contributed by atoms with Gasteiger partial charge in [0.1, 0.15) is 0 Å². The quantitative estimate of drug-likeness (QED) is 0.820. The van der Waals surface area contributed by atoms with Crippen molar-refractivity contribution in [2.75, 3.05) is 5.75 Å². The minimum Gasteiger partial charge on any atom is -0.345 e. The minimum atomic E-state index is -3.94. The minimum absolute atomic E-state index is 0.134. The fourth-order valence-electron chi connectivity index (χ4n) is 1.91. The predicted molar refractivity (Wildman–Crippen MR) is 78.4 cm³/mol. The number of halogens is 1. The first-order chi connectivity index (χ1) is 9.58. The van der Waals surface area contributed by atoms with Crippen LogP contribution in [0.25, 0.3) is 0 Å². The van der Waals surface area contributed by atoms with Crippen molar-refractivity contribution in [1.29, 1.82) is 0 Å². The molecule has 1 unspecified atom stereocenters. The molecule has 0 bridgehead atoms. The van der Waals surface area contributed by atoms with Crippen LogP contribution in [0.3, 0.4) is 0 Å². The van der Waals surface area contributed by atoms with Crippen LogP contribution in [0.5, 0.6) is 0 Å². The van der Waals surface area contributed by atoms with E-state index in [2.05, 4.69) is 5.32 Å². The number of aryl methyl sites for hydroxylation is 1. The van der Waals surface area contributed by atoms with Crippen LogP contribution in [0, 0.1) is 6.92 Å². The molecule has 0 aromatic heterocycles. The Morgan fingerprint density at radius 1 is 1.38 bits per heavy atom. The molecule has 21 heavy (non-hydrogen) atoms. The molecule has 1 aliphatic heterocycles. The van der Waals surface area contributed by atoms with Crippen LogP contribution < -0.4 is 5.32 Å². The summed E-state index contributed by atoms with van der Waals surface area (Å²) in [5.41, 5.74) is 0.691. The molecule has 1 aliphatic rings. The third-order valence-corrected chi connectivity index (χ3v) is 5.73. The van der Waals surface area contributed by atoms with E-state index in [1.54, 1.807) is 6.92 Å². The standard InChI is InChI=1S/C12H12ClNO5S2/c1-8-2-3-10(21(13,18)19)6-11(8)12(15)14-9-4-5-20(16,17)7-9/h2-6,9H,7H2,1H3,(H,14,15). The highest BCUT2D eigenvalue weighted by atomic mass is 35.7. The Kier molecular flexibility index (Phi) is 4.14. The highest BCUT2D eigenvalue weighted by Crippen LogP contribution is 2.19. The fraction of sp³-hybridized carbons (Fsp3) is 0.250. The summed E-state index contributed by atoms with van der Waals surface area (Å²) >= 11 is 0. The molecule has 9 heteroatoms. The van der Waals surface area contributed by atoms with E-state index in [9.17, 15) is 21.6 Å². The molecule has 0 saturated heterocycles. The lowest BCUT2D eigenvalue weighted by Crippen LogP contribution is -2.35. The molecule has 0 radical (unpaired) electrons. The maximum atomic E-state index is 12.1. The molecule has 114 valence electrons. The highest BCUT2D eigenvalue weighted by molar-refractivity contribution is 8.13. The van der Waals surface area contributed by atoms with Crippen LogP contribution in [-0.4, -0.2) is 34.5 Å². The second-order valence-corrected chi connectivity index (χ2v) is 9.15. The van der Waals surface area contributed by atoms with Crippen molar-refractivity contribution in [3.8, 4) is 0 Å². The maximum absolute atomic E-state index is 12.1. The molecule has 6 nitrogen and oxygen atoms in total. The van der Waals surface area contributed by atoms with Gasteiger partial charge in [0.25, 0.3) is 15.0 Å². The number of nitrogens with one attached hydrogen (secondary N) is 1. The number of amides is 1. The molecule has 1 aromatic rings. The highest BCUT2D eigenvalue weighted by Gasteiger charge is 2.24. The summed E-state index contributed by atoms with van der Waals surface area (Å²) < 4.78 is 45.1. The van der Waals surface area contributed by atoms with Crippen molar-refractivity contribution in [3.05, 3.63) is 40.8 Å². The van der Waals surface area contributed by atoms with E-state index in [4.69, 9.17) is 10.7 Å². The largest absolute Gasteiger partial charge is 0.345 e. The summed E-state index contributed by atoms with van der Waals surface area (Å²) in [7, 11) is -1.97. The van der Waals surface area contributed by atoms with Crippen LogP contribution >= 0.6 is 10.7 Å². The van der Waals surface area contributed by atoms with Gasteiger partial charge in [-0.2, -0.15) is 0 Å². The van der Waals surface area contributed by atoms with Gasteiger partial charge in [0.05, 0.1) is 16.7 Å². The summed E-state index contributed by atoms with van der Waals surface area (Å²) in [4.78, 5) is 11.9. The van der Waals surface area contributed by atoms with Gasteiger partial charge in [-0.3, -0.25) is 4.79 Å². The number of hydrogen-bond acceptors (Lipinski definition) is 5. The van der Waals surface area contributed by atoms with E-state index in [1.807, 2.05) is 0 Å². The fourth-order valence-corrected chi connectivity index (χ4v) is 3.92. The normalized spacial score (nSPS) is 20.4. The van der Waals surface area contributed by atoms with E-state index in [0.717, 1.165) is 5.41 Å². The summed E-state index contributed by atoms with van der Waals surface area (Å²) in [6.45, 7) is 1.64. The van der Waals surface area contributed by atoms with Crippen molar-refractivity contribution < 1.29 is 21.6 Å². The average Bonchev–Trinajstić information content (AvgIpc) is 2.67. The Morgan fingerprint density at radius 2 is 2.05 bits per heavy atom. The number of hydrogen-bond donors (Lipinski definition) is 1. The Morgan fingerprint density at radius 3 is 2.57 bits per heavy atom. The first-order valence-corrected chi connectivity index (χ1v) is 9.88. The van der Waals surface area contributed by atoms with Crippen LogP contribution in [0.4, 0.5) is 0 Å². The van der Waals surface area contributed by atoms with Gasteiger partial charge in [-0.1, -0.05) is 6.07 Å². The molecule has 1 aromatic carbocycles. The van der Waals surface area contributed by atoms with E-state index in [0.29, 0.717) is 5.56 Å². The van der Waals surface area contributed by atoms with Gasteiger partial charge in [0.15, 0.2) is 9.84 Å². The summed E-state index contributed by atoms with van der Waals surface area (Å²) in [5, 5.41) is 3.57. The molecule has 0 aliphatic carbocycles. The molecule has 1 atom stereocenters. The number of carbonyl (C=O) groups is 1. The van der Waals surface area contributed by atoms with Crippen LogP contribution in [0.15, 0.2) is 34.6 Å². The number of rotatable bonds is 3. The van der Waals surface area contributed by atoms with Crippen LogP contribution in [-0.2, 0) is 18.9 Å². The smallest absolute Gasteiger partial charge is 0.261 e. The number of sulfone groups is 1. The monoisotopic (exact) mass is 349 g/mol. The first kappa shape index (κ1) is 16.0. The molecule has 1 amide bonds. The molecule has 0 spiro atoms. The van der Waals surface area contributed by atoms with Gasteiger partial charge >= 0.3 is 0 Å². The van der Waals surface area contributed by atoms with Gasteiger partial charge in [0.2, 0.25) is 0 Å². The van der Waals surface area contributed by atoms with Gasteiger partial charge in [-0.15, -0.1) is 0 Å². The van der Waals surface area contributed by atoms with Crippen molar-refractivity contribution >= 4 is 35.5 Å². The second kappa shape index (κ2) is 5.43. The van der Waals surface area contributed by atoms with Crippen molar-refractivity contribution in [2.45, 2.75) is 17.9 Å². The Labute approximate surface area is 127 Å². The summed E-state index contributed by atoms with van der Waals surface area (Å²) in [6, 6.07) is 3.30. The SMILES string of the molecule is Cc1ccc(S(=O)(=O)Cl)cc1C(=O)NC1C=CS(=O)(=O)C1. The zero-order valence-electron chi connectivity index (χ0n) is 10.9. The molecule has 1 heterocycles. The van der Waals surface area contributed by atoms with Gasteiger partial charge in [-0.25, -0.2) is 16.8 Å². The number of carbonyl (C=O) groups excluding carboxylic acids is 1. The summed E-state index contributed by atoms with van der Waals surface area (Å²) in [6.07, 6.45) is 1.38. The van der Waals surface area contributed by atoms with E-state index < -0.39 is 30.8 Å². The lowest BCUT2D eigenvalue weighted by atomic mass is 10.1. The molecular formula is C12H12ClNO5S2. The lowest BCUT2D eigenvalue weighted by Gasteiger charge is -2.12. The Bertz CT molecular complexity index is 827. The predicted octanol–water partition coefficient (Wildman–Crippen LogP) is 0.963. The van der Waals surface area contributed by atoms with Gasteiger partial charge in [-0.05, 0) is 30.7 Å². The molecule has 0 saturated carbocycles. The molecule has 2 rings (SSSR count). The lowest BCUT2D eigenvalue weighted by molar-refractivity contribution is 0.0947. The Hall–Kier alpha value is -1.38. The topological polar surface area (TPSA) is 97.4 Å². The third-order valence-electron chi connectivity index (χ3n) is 2.98. The maximum Gasteiger partial charge on any atom is 0.261 e. The molecule has 1 N–H and O–H groups in total. The van der Waals surface area contributed by atoms with Crippen molar-refractivity contribution in [3.63, 3.8) is 0 Å². The number of benzene rings is 1. The van der Waals surface area contributed by atoms with E-state index >= 15 is 0 Å². The van der Waals surface area contributed by atoms with Crippen molar-refractivity contribution in [2.24, 2.45) is 0 Å². The summed E-state index contributed by atoms with van der Waals surface area (Å²) in [5.74, 6) is -0.757. The van der Waals surface area contributed by atoms with Gasteiger partial charge in [0, 0.05) is 21.7 Å². The second-order valence-electron chi connectivity index (χ2n) is 4.65. The van der Waals surface area contributed by atoms with Crippen molar-refractivity contribution in [1.82, 2.24) is 5.32 Å². The molecular weight excluding hydrogens is 338 g/mol. The zero-order chi connectivity index (χ0) is 15.8.